The highest BCUT2D eigenvalue weighted by molar-refractivity contribution is 6.34. The Morgan fingerprint density at radius 1 is 1.11 bits per heavy atom. The third kappa shape index (κ3) is 2.58. The molecular weight excluding hydrogens is 298 g/mol. The molecule has 0 fully saturated rings. The molecule has 1 aromatic carbocycles. The second-order valence-corrected chi connectivity index (χ2v) is 4.71. The number of hydrogen-bond acceptors (Lipinski definition) is 2. The molecule has 0 unspecified atom stereocenters. The first-order valence-corrected chi connectivity index (χ1v) is 6.33. The van der Waals surface area contributed by atoms with Gasteiger partial charge in [-0.25, -0.2) is 14.4 Å². The van der Waals surface area contributed by atoms with Crippen molar-refractivity contribution in [3.05, 3.63) is 44.9 Å². The van der Waals surface area contributed by atoms with E-state index in [1.165, 1.54) is 18.2 Å². The molecule has 94 valence electrons. The van der Waals surface area contributed by atoms with Gasteiger partial charge in [-0.2, -0.15) is 0 Å². The minimum atomic E-state index is -0.497. The van der Waals surface area contributed by atoms with Gasteiger partial charge in [0.25, 0.3) is 0 Å². The van der Waals surface area contributed by atoms with Crippen LogP contribution in [0.3, 0.4) is 0 Å². The van der Waals surface area contributed by atoms with Crippen molar-refractivity contribution in [2.24, 2.45) is 0 Å². The third-order valence-electron chi connectivity index (χ3n) is 2.44. The van der Waals surface area contributed by atoms with Gasteiger partial charge in [0.05, 0.1) is 5.02 Å². The van der Waals surface area contributed by atoms with Crippen molar-refractivity contribution in [2.75, 3.05) is 0 Å². The van der Waals surface area contributed by atoms with Gasteiger partial charge in [-0.15, -0.1) is 0 Å². The Labute approximate surface area is 119 Å². The summed E-state index contributed by atoms with van der Waals surface area (Å²) >= 11 is 17.7. The molecule has 2 nitrogen and oxygen atoms in total. The van der Waals surface area contributed by atoms with Crippen molar-refractivity contribution in [2.45, 2.75) is 13.3 Å². The largest absolute Gasteiger partial charge is 0.216 e. The van der Waals surface area contributed by atoms with Crippen LogP contribution in [-0.4, -0.2) is 9.97 Å². The van der Waals surface area contributed by atoms with Gasteiger partial charge in [-0.05, 0) is 24.6 Å². The molecule has 18 heavy (non-hydrogen) atoms. The minimum absolute atomic E-state index is 0.00270. The van der Waals surface area contributed by atoms with Crippen molar-refractivity contribution in [1.82, 2.24) is 9.97 Å². The third-order valence-corrected chi connectivity index (χ3v) is 3.35. The van der Waals surface area contributed by atoms with E-state index in [-0.39, 0.29) is 5.02 Å². The van der Waals surface area contributed by atoms with Gasteiger partial charge < -0.3 is 0 Å². The lowest BCUT2D eigenvalue weighted by molar-refractivity contribution is 0.628. The normalized spacial score (nSPS) is 10.7. The van der Waals surface area contributed by atoms with E-state index in [4.69, 9.17) is 34.8 Å². The zero-order valence-corrected chi connectivity index (χ0v) is 11.6. The zero-order chi connectivity index (χ0) is 13.3. The molecule has 1 heterocycles. The van der Waals surface area contributed by atoms with Gasteiger partial charge in [-0.1, -0.05) is 41.7 Å². The smallest absolute Gasteiger partial charge is 0.162 e. The Bertz CT molecular complexity index is 579. The molecule has 0 amide bonds. The van der Waals surface area contributed by atoms with Crippen LogP contribution in [0.15, 0.2) is 18.2 Å². The van der Waals surface area contributed by atoms with Crippen LogP contribution in [0, 0.1) is 5.82 Å². The van der Waals surface area contributed by atoms with Crippen molar-refractivity contribution >= 4 is 34.8 Å². The van der Waals surface area contributed by atoms with E-state index in [1.54, 1.807) is 0 Å². The molecule has 2 aromatic rings. The number of rotatable bonds is 2. The highest BCUT2D eigenvalue weighted by atomic mass is 35.5. The predicted octanol–water partition coefficient (Wildman–Crippen LogP) is 4.81. The van der Waals surface area contributed by atoms with Crippen LogP contribution in [0.25, 0.3) is 11.4 Å². The maximum absolute atomic E-state index is 13.1. The van der Waals surface area contributed by atoms with E-state index in [9.17, 15) is 4.39 Å². The van der Waals surface area contributed by atoms with Crippen LogP contribution in [0.4, 0.5) is 4.39 Å². The summed E-state index contributed by atoms with van der Waals surface area (Å²) in [7, 11) is 0. The van der Waals surface area contributed by atoms with Crippen LogP contribution in [-0.2, 0) is 6.42 Å². The number of nitrogens with zero attached hydrogens (tertiary/aromatic N) is 2. The van der Waals surface area contributed by atoms with Crippen molar-refractivity contribution in [3.63, 3.8) is 0 Å². The summed E-state index contributed by atoms with van der Waals surface area (Å²) in [5, 5.41) is 0.601. The summed E-state index contributed by atoms with van der Waals surface area (Å²) in [5.74, 6) is -0.174. The molecule has 0 spiro atoms. The number of benzene rings is 1. The van der Waals surface area contributed by atoms with Gasteiger partial charge in [0, 0.05) is 11.1 Å². The first kappa shape index (κ1) is 13.5. The molecule has 0 atom stereocenters. The summed E-state index contributed by atoms with van der Waals surface area (Å²) in [6.45, 7) is 1.91. The Morgan fingerprint density at radius 3 is 2.22 bits per heavy atom. The number of halogens is 4. The molecule has 0 aliphatic carbocycles. The highest BCUT2D eigenvalue weighted by Crippen LogP contribution is 2.27. The molecule has 0 aliphatic rings. The quantitative estimate of drug-likeness (QED) is 0.744. The minimum Gasteiger partial charge on any atom is -0.216 e. The summed E-state index contributed by atoms with van der Waals surface area (Å²) in [5.41, 5.74) is 1.25. The fourth-order valence-electron chi connectivity index (χ4n) is 1.49. The Hall–Kier alpha value is -0.900. The zero-order valence-electron chi connectivity index (χ0n) is 9.35. The van der Waals surface area contributed by atoms with Gasteiger partial charge in [0.15, 0.2) is 5.82 Å². The first-order valence-electron chi connectivity index (χ1n) is 5.20. The Morgan fingerprint density at radius 2 is 1.72 bits per heavy atom. The van der Waals surface area contributed by atoms with E-state index >= 15 is 0 Å². The maximum Gasteiger partial charge on any atom is 0.162 e. The van der Waals surface area contributed by atoms with E-state index in [1.807, 2.05) is 6.92 Å². The highest BCUT2D eigenvalue weighted by Gasteiger charge is 2.12. The van der Waals surface area contributed by atoms with E-state index < -0.39 is 5.82 Å². The molecule has 0 saturated heterocycles. The van der Waals surface area contributed by atoms with Gasteiger partial charge in [-0.3, -0.25) is 0 Å². The summed E-state index contributed by atoms with van der Waals surface area (Å²) in [6, 6.07) is 4.20. The molecular formula is C12H8Cl3FN2. The maximum atomic E-state index is 13.1. The number of aromatic nitrogens is 2. The van der Waals surface area contributed by atoms with Gasteiger partial charge >= 0.3 is 0 Å². The molecule has 2 rings (SSSR count). The number of hydrogen-bond donors (Lipinski definition) is 0. The van der Waals surface area contributed by atoms with Crippen LogP contribution in [0.5, 0.6) is 0 Å². The van der Waals surface area contributed by atoms with E-state index in [0.717, 1.165) is 0 Å². The predicted molar refractivity (Wildman–Crippen MR) is 71.8 cm³/mol. The van der Waals surface area contributed by atoms with Crippen LogP contribution in [0.2, 0.25) is 15.3 Å². The van der Waals surface area contributed by atoms with Crippen LogP contribution in [0.1, 0.15) is 12.5 Å². The molecule has 0 radical (unpaired) electrons. The van der Waals surface area contributed by atoms with Crippen molar-refractivity contribution in [3.8, 4) is 11.4 Å². The molecule has 0 N–H and O–H groups in total. The second kappa shape index (κ2) is 5.39. The van der Waals surface area contributed by atoms with E-state index in [0.29, 0.717) is 33.7 Å². The monoisotopic (exact) mass is 304 g/mol. The summed E-state index contributed by atoms with van der Waals surface area (Å²) < 4.78 is 13.1. The Balaban J connectivity index is 2.54. The molecule has 0 aliphatic heterocycles. The fourth-order valence-corrected chi connectivity index (χ4v) is 2.32. The van der Waals surface area contributed by atoms with Crippen molar-refractivity contribution in [1.29, 1.82) is 0 Å². The first-order chi connectivity index (χ1) is 8.52. The van der Waals surface area contributed by atoms with Crippen molar-refractivity contribution < 1.29 is 4.39 Å². The van der Waals surface area contributed by atoms with Gasteiger partial charge in [0.2, 0.25) is 0 Å². The summed E-state index contributed by atoms with van der Waals surface area (Å²) in [6.07, 6.45) is 0.641. The lowest BCUT2D eigenvalue weighted by Crippen LogP contribution is -1.96. The van der Waals surface area contributed by atoms with Crippen LogP contribution < -0.4 is 0 Å². The lowest BCUT2D eigenvalue weighted by Gasteiger charge is -2.07. The molecule has 0 saturated carbocycles. The van der Waals surface area contributed by atoms with Gasteiger partial charge in [0.1, 0.15) is 16.1 Å². The fraction of sp³-hybridized carbons (Fsp3) is 0.167. The van der Waals surface area contributed by atoms with E-state index in [2.05, 4.69) is 9.97 Å². The average Bonchev–Trinajstić information content (AvgIpc) is 2.32. The average molecular weight is 306 g/mol. The summed E-state index contributed by atoms with van der Waals surface area (Å²) in [4.78, 5) is 8.27. The molecule has 1 aromatic heterocycles. The SMILES string of the molecule is CCc1c(Cl)nc(-c2ccc(F)c(Cl)c2)nc1Cl. The standard InChI is InChI=1S/C12H8Cl3FN2/c1-2-7-10(14)17-12(18-11(7)15)6-3-4-9(16)8(13)5-6/h3-5H,2H2,1H3. The topological polar surface area (TPSA) is 25.8 Å². The lowest BCUT2D eigenvalue weighted by atomic mass is 10.2. The molecule has 6 heteroatoms. The Kier molecular flexibility index (Phi) is 4.05. The molecule has 0 bridgehead atoms. The van der Waals surface area contributed by atoms with Crippen LogP contribution >= 0.6 is 34.8 Å². The second-order valence-electron chi connectivity index (χ2n) is 3.59.